The summed E-state index contributed by atoms with van der Waals surface area (Å²) in [5, 5.41) is 5.56. The first-order valence-corrected chi connectivity index (χ1v) is 7.70. The van der Waals surface area contributed by atoms with E-state index in [9.17, 15) is 9.00 Å². The molecule has 1 aliphatic heterocycles. The fourth-order valence-electron chi connectivity index (χ4n) is 2.49. The van der Waals surface area contributed by atoms with Crippen LogP contribution in [0.3, 0.4) is 0 Å². The topological polar surface area (TPSA) is 76.9 Å². The third-order valence-electron chi connectivity index (χ3n) is 3.45. The molecule has 3 heterocycles. The second-order valence-corrected chi connectivity index (χ2v) is 5.91. The molecule has 0 saturated heterocycles. The monoisotopic (exact) mass is 310 g/mol. The Bertz CT molecular complexity index is 947. The van der Waals surface area contributed by atoms with Crippen LogP contribution in [0, 0.1) is 0 Å². The second-order valence-electron chi connectivity index (χ2n) is 4.75. The van der Waals surface area contributed by atoms with Gasteiger partial charge in [-0.25, -0.2) is 8.89 Å². The van der Waals surface area contributed by atoms with Gasteiger partial charge in [0.1, 0.15) is 0 Å². The van der Waals surface area contributed by atoms with E-state index in [2.05, 4.69) is 14.8 Å². The standard InChI is InChI=1S/C15H10N4O2S/c20-14-8-15(22(21)18-14)19-13-3-1-2-11(12(13)9-17-19)10-4-6-16-7-5-10/h1-9H,(H,18,20). The predicted octanol–water partition coefficient (Wildman–Crippen LogP) is 1.69. The largest absolute Gasteiger partial charge is 0.269 e. The highest BCUT2D eigenvalue weighted by molar-refractivity contribution is 7.93. The summed E-state index contributed by atoms with van der Waals surface area (Å²) in [6.07, 6.45) is 6.49. The SMILES string of the molecule is O=C1C=C(n2ncc3c(-c4ccncc4)cccc32)S(=O)N1. The number of carbonyl (C=O) groups is 1. The van der Waals surface area contributed by atoms with Crippen molar-refractivity contribution in [2.24, 2.45) is 0 Å². The zero-order valence-electron chi connectivity index (χ0n) is 11.3. The number of aromatic nitrogens is 3. The molecule has 1 unspecified atom stereocenters. The zero-order valence-corrected chi connectivity index (χ0v) is 12.1. The summed E-state index contributed by atoms with van der Waals surface area (Å²) in [5.41, 5.74) is 2.83. The van der Waals surface area contributed by atoms with Crippen LogP contribution in [-0.4, -0.2) is 24.9 Å². The fourth-order valence-corrected chi connectivity index (χ4v) is 3.35. The number of carbonyl (C=O) groups excluding carboxylic acids is 1. The highest BCUT2D eigenvalue weighted by Crippen LogP contribution is 2.30. The maximum atomic E-state index is 11.9. The van der Waals surface area contributed by atoms with Gasteiger partial charge in [-0.05, 0) is 29.3 Å². The lowest BCUT2D eigenvalue weighted by Crippen LogP contribution is -2.17. The molecule has 0 radical (unpaired) electrons. The van der Waals surface area contributed by atoms with Crippen LogP contribution in [0.15, 0.2) is 55.0 Å². The van der Waals surface area contributed by atoms with Crippen molar-refractivity contribution in [1.82, 2.24) is 19.5 Å². The van der Waals surface area contributed by atoms with Crippen LogP contribution in [0.4, 0.5) is 0 Å². The Morgan fingerprint density at radius 2 is 1.95 bits per heavy atom. The predicted molar refractivity (Wildman–Crippen MR) is 83.5 cm³/mol. The molecule has 1 aliphatic rings. The summed E-state index contributed by atoms with van der Waals surface area (Å²) < 4.78 is 15.8. The average Bonchev–Trinajstić information content (AvgIpc) is 3.10. The van der Waals surface area contributed by atoms with E-state index in [1.54, 1.807) is 18.6 Å². The van der Waals surface area contributed by atoms with Crippen LogP contribution in [0.2, 0.25) is 0 Å². The molecule has 1 amide bonds. The van der Waals surface area contributed by atoms with Gasteiger partial charge in [0, 0.05) is 23.9 Å². The maximum absolute atomic E-state index is 11.9. The molecular weight excluding hydrogens is 300 g/mol. The molecule has 0 fully saturated rings. The van der Waals surface area contributed by atoms with Crippen LogP contribution >= 0.6 is 0 Å². The van der Waals surface area contributed by atoms with E-state index in [0.29, 0.717) is 5.03 Å². The van der Waals surface area contributed by atoms with Crippen molar-refractivity contribution in [2.45, 2.75) is 0 Å². The molecular formula is C15H10N4O2S. The van der Waals surface area contributed by atoms with Gasteiger partial charge in [-0.1, -0.05) is 12.1 Å². The number of benzene rings is 1. The molecule has 6 nitrogen and oxygen atoms in total. The van der Waals surface area contributed by atoms with Gasteiger partial charge >= 0.3 is 0 Å². The number of nitrogens with one attached hydrogen (secondary N) is 1. The van der Waals surface area contributed by atoms with E-state index in [-0.39, 0.29) is 5.91 Å². The van der Waals surface area contributed by atoms with E-state index >= 15 is 0 Å². The van der Waals surface area contributed by atoms with Gasteiger partial charge in [0.25, 0.3) is 5.91 Å². The van der Waals surface area contributed by atoms with Crippen molar-refractivity contribution in [3.8, 4) is 11.1 Å². The molecule has 0 aliphatic carbocycles. The summed E-state index contributed by atoms with van der Waals surface area (Å²) >= 11 is 0. The van der Waals surface area contributed by atoms with Crippen LogP contribution in [0.25, 0.3) is 27.1 Å². The minimum atomic E-state index is -1.58. The smallest absolute Gasteiger partial charge is 0.258 e. The Labute approximate surface area is 128 Å². The Morgan fingerprint density at radius 1 is 1.14 bits per heavy atom. The molecule has 1 atom stereocenters. The van der Waals surface area contributed by atoms with Crippen molar-refractivity contribution in [2.75, 3.05) is 0 Å². The van der Waals surface area contributed by atoms with Crippen molar-refractivity contribution in [3.63, 3.8) is 0 Å². The Morgan fingerprint density at radius 3 is 2.68 bits per heavy atom. The maximum Gasteiger partial charge on any atom is 0.258 e. The Kier molecular flexibility index (Phi) is 2.87. The zero-order chi connectivity index (χ0) is 15.1. The van der Waals surface area contributed by atoms with Gasteiger partial charge in [-0.15, -0.1) is 0 Å². The minimum Gasteiger partial charge on any atom is -0.269 e. The second kappa shape index (κ2) is 4.88. The summed E-state index contributed by atoms with van der Waals surface area (Å²) in [6.45, 7) is 0. The first-order valence-electron chi connectivity index (χ1n) is 6.55. The number of nitrogens with zero attached hydrogens (tertiary/aromatic N) is 3. The van der Waals surface area contributed by atoms with Crippen molar-refractivity contribution in [1.29, 1.82) is 0 Å². The summed E-state index contributed by atoms with van der Waals surface area (Å²) in [6, 6.07) is 9.62. The summed E-state index contributed by atoms with van der Waals surface area (Å²) in [4.78, 5) is 15.4. The summed E-state index contributed by atoms with van der Waals surface area (Å²) in [5.74, 6) is -0.373. The van der Waals surface area contributed by atoms with E-state index in [1.807, 2.05) is 30.3 Å². The Balaban J connectivity index is 1.93. The molecule has 7 heteroatoms. The lowest BCUT2D eigenvalue weighted by Gasteiger charge is -2.05. The van der Waals surface area contributed by atoms with E-state index in [1.165, 1.54) is 10.8 Å². The molecule has 2 aromatic heterocycles. The van der Waals surface area contributed by atoms with E-state index in [4.69, 9.17) is 0 Å². The number of hydrogen-bond acceptors (Lipinski definition) is 4. The number of rotatable bonds is 2. The quantitative estimate of drug-likeness (QED) is 0.781. The molecule has 22 heavy (non-hydrogen) atoms. The van der Waals surface area contributed by atoms with E-state index < -0.39 is 11.0 Å². The van der Waals surface area contributed by atoms with Crippen LogP contribution < -0.4 is 4.72 Å². The highest BCUT2D eigenvalue weighted by Gasteiger charge is 2.23. The normalized spacial score (nSPS) is 17.5. The van der Waals surface area contributed by atoms with Crippen LogP contribution in [0.1, 0.15) is 0 Å². The fraction of sp³-hybridized carbons (Fsp3) is 0. The molecule has 3 aromatic rings. The van der Waals surface area contributed by atoms with E-state index in [0.717, 1.165) is 22.0 Å². The number of pyridine rings is 1. The number of hydrogen-bond donors (Lipinski definition) is 1. The van der Waals surface area contributed by atoms with Gasteiger partial charge in [0.15, 0.2) is 16.0 Å². The molecule has 0 spiro atoms. The van der Waals surface area contributed by atoms with Gasteiger partial charge in [0.05, 0.1) is 11.7 Å². The molecule has 4 rings (SSSR count). The molecule has 108 valence electrons. The molecule has 0 bridgehead atoms. The van der Waals surface area contributed by atoms with Crippen LogP contribution in [-0.2, 0) is 15.8 Å². The lowest BCUT2D eigenvalue weighted by molar-refractivity contribution is -0.114. The van der Waals surface area contributed by atoms with Crippen molar-refractivity contribution in [3.05, 3.63) is 55.0 Å². The minimum absolute atomic E-state index is 0.340. The third kappa shape index (κ3) is 1.94. The molecule has 1 N–H and O–H groups in total. The van der Waals surface area contributed by atoms with Gasteiger partial charge in [-0.3, -0.25) is 14.5 Å². The number of fused-ring (bicyclic) bond motifs is 1. The lowest BCUT2D eigenvalue weighted by atomic mass is 10.0. The highest BCUT2D eigenvalue weighted by atomic mass is 32.2. The van der Waals surface area contributed by atoms with Crippen molar-refractivity contribution >= 4 is 32.8 Å². The Hall–Kier alpha value is -2.80. The summed E-state index contributed by atoms with van der Waals surface area (Å²) in [7, 11) is -1.58. The first kappa shape index (κ1) is 12.9. The number of amides is 1. The van der Waals surface area contributed by atoms with Gasteiger partial charge < -0.3 is 0 Å². The third-order valence-corrected chi connectivity index (χ3v) is 4.51. The van der Waals surface area contributed by atoms with Gasteiger partial charge in [-0.2, -0.15) is 5.10 Å². The first-order chi connectivity index (χ1) is 10.7. The molecule has 0 saturated carbocycles. The van der Waals surface area contributed by atoms with Crippen molar-refractivity contribution < 1.29 is 9.00 Å². The van der Waals surface area contributed by atoms with Gasteiger partial charge in [0.2, 0.25) is 0 Å². The molecule has 1 aromatic carbocycles. The average molecular weight is 310 g/mol. The van der Waals surface area contributed by atoms with Crippen LogP contribution in [0.5, 0.6) is 0 Å².